The van der Waals surface area contributed by atoms with E-state index in [-0.39, 0.29) is 18.0 Å². The van der Waals surface area contributed by atoms with Crippen LogP contribution in [0.15, 0.2) is 48.5 Å². The summed E-state index contributed by atoms with van der Waals surface area (Å²) >= 11 is 0. The molecule has 5 heteroatoms. The van der Waals surface area contributed by atoms with Gasteiger partial charge in [0.2, 0.25) is 0 Å². The highest BCUT2D eigenvalue weighted by molar-refractivity contribution is 6.04. The fraction of sp³-hybridized carbons (Fsp3) is 0.333. The highest BCUT2D eigenvalue weighted by Gasteiger charge is 2.07. The van der Waals surface area contributed by atoms with Gasteiger partial charge in [-0.3, -0.25) is 4.79 Å². The Kier molecular flexibility index (Phi) is 6.78. The lowest BCUT2D eigenvalue weighted by molar-refractivity contribution is 0.102. The molecule has 2 rings (SSSR count). The molecule has 0 spiro atoms. The van der Waals surface area contributed by atoms with Crippen molar-refractivity contribution in [2.24, 2.45) is 0 Å². The van der Waals surface area contributed by atoms with E-state index in [1.807, 2.05) is 50.2 Å². The maximum absolute atomic E-state index is 12.3. The SMILES string of the molecule is CC(C)NC(=O)NCc1ccc(C(=O)Nc2ccc(C(C)C)cc2)cc1. The molecule has 0 aliphatic carbocycles. The van der Waals surface area contributed by atoms with E-state index >= 15 is 0 Å². The number of amides is 3. The third-order valence-electron chi connectivity index (χ3n) is 3.92. The zero-order valence-corrected chi connectivity index (χ0v) is 15.8. The molecule has 0 fully saturated rings. The molecule has 0 aliphatic heterocycles. The second-order valence-electron chi connectivity index (χ2n) is 6.91. The van der Waals surface area contributed by atoms with Crippen molar-refractivity contribution in [1.82, 2.24) is 10.6 Å². The Morgan fingerprint density at radius 2 is 1.50 bits per heavy atom. The molecule has 0 bridgehead atoms. The van der Waals surface area contributed by atoms with Crippen molar-refractivity contribution in [3.63, 3.8) is 0 Å². The Morgan fingerprint density at radius 3 is 2.04 bits per heavy atom. The Balaban J connectivity index is 1.90. The van der Waals surface area contributed by atoms with Crippen LogP contribution in [0.3, 0.4) is 0 Å². The van der Waals surface area contributed by atoms with E-state index < -0.39 is 0 Å². The number of carbonyl (C=O) groups excluding carboxylic acids is 2. The van der Waals surface area contributed by atoms with E-state index in [1.54, 1.807) is 12.1 Å². The van der Waals surface area contributed by atoms with Crippen LogP contribution in [0.5, 0.6) is 0 Å². The van der Waals surface area contributed by atoms with E-state index in [1.165, 1.54) is 5.56 Å². The van der Waals surface area contributed by atoms with Gasteiger partial charge >= 0.3 is 6.03 Å². The Labute approximate surface area is 155 Å². The lowest BCUT2D eigenvalue weighted by Gasteiger charge is -2.11. The molecular weight excluding hydrogens is 326 g/mol. The van der Waals surface area contributed by atoms with Gasteiger partial charge in [0.05, 0.1) is 0 Å². The second-order valence-corrected chi connectivity index (χ2v) is 6.91. The van der Waals surface area contributed by atoms with Crippen LogP contribution >= 0.6 is 0 Å². The van der Waals surface area contributed by atoms with Gasteiger partial charge in [-0.05, 0) is 55.2 Å². The highest BCUT2D eigenvalue weighted by atomic mass is 16.2. The number of benzene rings is 2. The maximum atomic E-state index is 12.3. The standard InChI is InChI=1S/C21H27N3O2/c1-14(2)17-9-11-19(12-10-17)24-20(25)18-7-5-16(6-8-18)13-22-21(26)23-15(3)4/h5-12,14-15H,13H2,1-4H3,(H,24,25)(H2,22,23,26). The number of nitrogens with one attached hydrogen (secondary N) is 3. The van der Waals surface area contributed by atoms with Crippen LogP contribution in [0.1, 0.15) is 55.1 Å². The normalized spacial score (nSPS) is 10.7. The quantitative estimate of drug-likeness (QED) is 0.726. The highest BCUT2D eigenvalue weighted by Crippen LogP contribution is 2.17. The minimum Gasteiger partial charge on any atom is -0.336 e. The topological polar surface area (TPSA) is 70.2 Å². The summed E-state index contributed by atoms with van der Waals surface area (Å²) in [5.74, 6) is 0.308. The van der Waals surface area contributed by atoms with Gasteiger partial charge in [0.25, 0.3) is 5.91 Å². The predicted octanol–water partition coefficient (Wildman–Crippen LogP) is 4.27. The van der Waals surface area contributed by atoms with Gasteiger partial charge in [-0.2, -0.15) is 0 Å². The van der Waals surface area contributed by atoms with Crippen molar-refractivity contribution in [3.8, 4) is 0 Å². The second kappa shape index (κ2) is 9.04. The fourth-order valence-corrected chi connectivity index (χ4v) is 2.42. The number of anilines is 1. The lowest BCUT2D eigenvalue weighted by Crippen LogP contribution is -2.39. The van der Waals surface area contributed by atoms with Crippen molar-refractivity contribution >= 4 is 17.6 Å². The zero-order chi connectivity index (χ0) is 19.1. The molecule has 3 N–H and O–H groups in total. The minimum absolute atomic E-state index is 0.0932. The van der Waals surface area contributed by atoms with Crippen LogP contribution in [0.2, 0.25) is 0 Å². The predicted molar refractivity (Wildman–Crippen MR) is 105 cm³/mol. The van der Waals surface area contributed by atoms with Crippen molar-refractivity contribution in [2.45, 2.75) is 46.2 Å². The van der Waals surface area contributed by atoms with E-state index in [2.05, 4.69) is 29.8 Å². The molecule has 0 aromatic heterocycles. The van der Waals surface area contributed by atoms with Gasteiger partial charge in [0.15, 0.2) is 0 Å². The van der Waals surface area contributed by atoms with Crippen LogP contribution in [0.25, 0.3) is 0 Å². The summed E-state index contributed by atoms with van der Waals surface area (Å²) in [5.41, 5.74) is 3.52. The summed E-state index contributed by atoms with van der Waals surface area (Å²) in [6.45, 7) is 8.50. The summed E-state index contributed by atoms with van der Waals surface area (Å²) in [6.07, 6.45) is 0. The van der Waals surface area contributed by atoms with Crippen LogP contribution in [0, 0.1) is 0 Å². The van der Waals surface area contributed by atoms with Crippen LogP contribution in [-0.2, 0) is 6.54 Å². The number of urea groups is 1. The van der Waals surface area contributed by atoms with E-state index in [9.17, 15) is 9.59 Å². The molecule has 0 aliphatic rings. The average molecular weight is 353 g/mol. The first-order valence-corrected chi connectivity index (χ1v) is 8.89. The molecule has 0 radical (unpaired) electrons. The molecule has 0 saturated carbocycles. The summed E-state index contributed by atoms with van der Waals surface area (Å²) in [7, 11) is 0. The maximum Gasteiger partial charge on any atom is 0.315 e. The first kappa shape index (κ1) is 19.5. The fourth-order valence-electron chi connectivity index (χ4n) is 2.42. The van der Waals surface area contributed by atoms with E-state index in [4.69, 9.17) is 0 Å². The number of carbonyl (C=O) groups is 2. The van der Waals surface area contributed by atoms with Crippen LogP contribution in [0.4, 0.5) is 10.5 Å². The Hall–Kier alpha value is -2.82. The van der Waals surface area contributed by atoms with E-state index in [0.29, 0.717) is 18.0 Å². The lowest BCUT2D eigenvalue weighted by atomic mass is 10.0. The summed E-state index contributed by atoms with van der Waals surface area (Å²) in [6, 6.07) is 15.0. The molecule has 2 aromatic carbocycles. The van der Waals surface area contributed by atoms with Gasteiger partial charge in [0.1, 0.15) is 0 Å². The van der Waals surface area contributed by atoms with Crippen LogP contribution < -0.4 is 16.0 Å². The first-order valence-electron chi connectivity index (χ1n) is 8.89. The Morgan fingerprint density at radius 1 is 0.885 bits per heavy atom. The monoisotopic (exact) mass is 353 g/mol. The number of rotatable bonds is 6. The third-order valence-corrected chi connectivity index (χ3v) is 3.92. The van der Waals surface area contributed by atoms with Gasteiger partial charge < -0.3 is 16.0 Å². The summed E-state index contributed by atoms with van der Waals surface area (Å²) < 4.78 is 0. The molecule has 2 aromatic rings. The van der Waals surface area contributed by atoms with Crippen LogP contribution in [-0.4, -0.2) is 18.0 Å². The van der Waals surface area contributed by atoms with Gasteiger partial charge in [-0.25, -0.2) is 4.79 Å². The Bertz CT molecular complexity index is 735. The minimum atomic E-state index is -0.202. The average Bonchev–Trinajstić information content (AvgIpc) is 2.60. The number of hydrogen-bond donors (Lipinski definition) is 3. The molecule has 138 valence electrons. The molecule has 26 heavy (non-hydrogen) atoms. The van der Waals surface area contributed by atoms with Gasteiger partial charge in [-0.15, -0.1) is 0 Å². The smallest absolute Gasteiger partial charge is 0.315 e. The van der Waals surface area contributed by atoms with Crippen molar-refractivity contribution in [2.75, 3.05) is 5.32 Å². The van der Waals surface area contributed by atoms with Gasteiger partial charge in [-0.1, -0.05) is 38.1 Å². The largest absolute Gasteiger partial charge is 0.336 e. The van der Waals surface area contributed by atoms with Crippen molar-refractivity contribution in [3.05, 3.63) is 65.2 Å². The van der Waals surface area contributed by atoms with Crippen molar-refractivity contribution < 1.29 is 9.59 Å². The molecule has 0 unspecified atom stereocenters. The van der Waals surface area contributed by atoms with Gasteiger partial charge in [0, 0.05) is 23.8 Å². The van der Waals surface area contributed by atoms with E-state index in [0.717, 1.165) is 11.3 Å². The third kappa shape index (κ3) is 5.92. The number of hydrogen-bond acceptors (Lipinski definition) is 2. The molecular formula is C21H27N3O2. The summed E-state index contributed by atoms with van der Waals surface area (Å²) in [5, 5.41) is 8.45. The zero-order valence-electron chi connectivity index (χ0n) is 15.8. The molecule has 0 saturated heterocycles. The molecule has 0 heterocycles. The summed E-state index contributed by atoms with van der Waals surface area (Å²) in [4.78, 5) is 23.9. The first-order chi connectivity index (χ1) is 12.3. The molecule has 0 atom stereocenters. The van der Waals surface area contributed by atoms with Crippen molar-refractivity contribution in [1.29, 1.82) is 0 Å². The molecule has 5 nitrogen and oxygen atoms in total. The molecule has 3 amide bonds.